The van der Waals surface area contributed by atoms with Gasteiger partial charge in [0.25, 0.3) is 17.7 Å². The molecule has 0 radical (unpaired) electrons. The van der Waals surface area contributed by atoms with Crippen molar-refractivity contribution in [1.29, 1.82) is 0 Å². The molecule has 0 unspecified atom stereocenters. The maximum atomic E-state index is 12.6. The number of benzene rings is 2. The van der Waals surface area contributed by atoms with Gasteiger partial charge in [-0.25, -0.2) is 0 Å². The standard InChI is InChI=1S/C21H14ClN3O3.ClH/c22-14-8-9-17(24-19(26)18-7-3-4-10-23-18)13(11-14)12-25-20(27)15-5-1-2-6-16(15)21(25)28;/h1-11H,12H2,(H,24,26);1H/p-1. The molecule has 6 nitrogen and oxygen atoms in total. The van der Waals surface area contributed by atoms with Crippen molar-refractivity contribution in [3.8, 4) is 0 Å². The van der Waals surface area contributed by atoms with E-state index >= 15 is 0 Å². The average molecular weight is 427 g/mol. The van der Waals surface area contributed by atoms with E-state index in [1.165, 1.54) is 6.20 Å². The number of nitrogens with zero attached hydrogens (tertiary/aromatic N) is 2. The van der Waals surface area contributed by atoms with Crippen molar-refractivity contribution in [2.24, 2.45) is 0 Å². The maximum absolute atomic E-state index is 12.6. The summed E-state index contributed by atoms with van der Waals surface area (Å²) in [5, 5.41) is 3.20. The lowest BCUT2D eigenvalue weighted by Gasteiger charge is -2.17. The van der Waals surface area contributed by atoms with E-state index in [1.807, 2.05) is 0 Å². The molecule has 0 spiro atoms. The molecular formula is C21H14Cl2N3O3-. The molecule has 29 heavy (non-hydrogen) atoms. The fourth-order valence-electron chi connectivity index (χ4n) is 3.05. The first kappa shape index (κ1) is 20.5. The average Bonchev–Trinajstić information content (AvgIpc) is 2.96. The summed E-state index contributed by atoms with van der Waals surface area (Å²) in [6.45, 7) is -0.00919. The zero-order chi connectivity index (χ0) is 19.7. The molecule has 0 atom stereocenters. The zero-order valence-electron chi connectivity index (χ0n) is 14.9. The van der Waals surface area contributed by atoms with Gasteiger partial charge in [-0.3, -0.25) is 24.3 Å². The Hall–Kier alpha value is -3.22. The topological polar surface area (TPSA) is 79.4 Å². The predicted molar refractivity (Wildman–Crippen MR) is 104 cm³/mol. The number of aromatic nitrogens is 1. The molecule has 0 saturated carbocycles. The number of anilines is 1. The molecular weight excluding hydrogens is 413 g/mol. The molecule has 3 aromatic rings. The van der Waals surface area contributed by atoms with E-state index in [9.17, 15) is 14.4 Å². The van der Waals surface area contributed by atoms with Gasteiger partial charge in [-0.1, -0.05) is 29.8 Å². The molecule has 0 fully saturated rings. The van der Waals surface area contributed by atoms with Crippen molar-refractivity contribution in [2.45, 2.75) is 6.54 Å². The molecule has 8 heteroatoms. The summed E-state index contributed by atoms with van der Waals surface area (Å²) >= 11 is 6.10. The number of fused-ring (bicyclic) bond motifs is 1. The first-order valence-corrected chi connectivity index (χ1v) is 8.88. The van der Waals surface area contributed by atoms with Crippen molar-refractivity contribution in [1.82, 2.24) is 9.88 Å². The van der Waals surface area contributed by atoms with E-state index in [-0.39, 0.29) is 36.5 Å². The van der Waals surface area contributed by atoms with Gasteiger partial charge in [-0.05, 0) is 48.0 Å². The number of pyridine rings is 1. The highest BCUT2D eigenvalue weighted by atomic mass is 35.5. The number of hydrogen-bond acceptors (Lipinski definition) is 4. The van der Waals surface area contributed by atoms with Gasteiger partial charge in [0, 0.05) is 16.9 Å². The van der Waals surface area contributed by atoms with E-state index in [0.717, 1.165) is 4.90 Å². The minimum atomic E-state index is -0.397. The second-order valence-electron chi connectivity index (χ2n) is 6.21. The lowest BCUT2D eigenvalue weighted by atomic mass is 10.1. The minimum absolute atomic E-state index is 0. The SMILES string of the molecule is O=C(Nc1ccc(Cl)cc1CN1C(=O)c2ccccc2C1=O)c1ccccn1.[Cl-]. The second kappa shape index (κ2) is 8.43. The zero-order valence-corrected chi connectivity index (χ0v) is 16.4. The number of nitrogens with one attached hydrogen (secondary N) is 1. The van der Waals surface area contributed by atoms with E-state index in [0.29, 0.717) is 27.4 Å². The minimum Gasteiger partial charge on any atom is -1.00 e. The van der Waals surface area contributed by atoms with Crippen LogP contribution in [0, 0.1) is 0 Å². The largest absolute Gasteiger partial charge is 1.00 e. The summed E-state index contributed by atoms with van der Waals surface area (Å²) in [4.78, 5) is 42.9. The Labute approximate surface area is 177 Å². The Morgan fingerprint density at radius 3 is 2.24 bits per heavy atom. The normalized spacial score (nSPS) is 12.4. The lowest BCUT2D eigenvalue weighted by Crippen LogP contribution is -3.00. The number of carbonyl (C=O) groups excluding carboxylic acids is 3. The van der Waals surface area contributed by atoms with Crippen LogP contribution in [0.4, 0.5) is 5.69 Å². The van der Waals surface area contributed by atoms with Crippen LogP contribution in [0.3, 0.4) is 0 Å². The third-order valence-corrected chi connectivity index (χ3v) is 4.65. The number of amides is 3. The van der Waals surface area contributed by atoms with Crippen LogP contribution >= 0.6 is 11.6 Å². The van der Waals surface area contributed by atoms with Crippen molar-refractivity contribution in [3.63, 3.8) is 0 Å². The monoisotopic (exact) mass is 426 g/mol. The van der Waals surface area contributed by atoms with Gasteiger partial charge in [0.15, 0.2) is 0 Å². The molecule has 146 valence electrons. The Kier molecular flexibility index (Phi) is 5.96. The van der Waals surface area contributed by atoms with Crippen LogP contribution in [0.15, 0.2) is 66.9 Å². The fraction of sp³-hybridized carbons (Fsp3) is 0.0476. The van der Waals surface area contributed by atoms with Gasteiger partial charge in [0.1, 0.15) is 5.69 Å². The van der Waals surface area contributed by atoms with Crippen LogP contribution < -0.4 is 17.7 Å². The van der Waals surface area contributed by atoms with Crippen LogP contribution in [0.1, 0.15) is 36.8 Å². The van der Waals surface area contributed by atoms with Crippen molar-refractivity contribution in [3.05, 3.63) is 94.3 Å². The van der Waals surface area contributed by atoms with Gasteiger partial charge < -0.3 is 17.7 Å². The maximum Gasteiger partial charge on any atom is 0.274 e. The number of hydrogen-bond donors (Lipinski definition) is 1. The molecule has 0 aliphatic carbocycles. The summed E-state index contributed by atoms with van der Waals surface area (Å²) in [6, 6.07) is 16.6. The second-order valence-corrected chi connectivity index (χ2v) is 6.65. The molecule has 1 aliphatic rings. The number of rotatable bonds is 4. The Morgan fingerprint density at radius 2 is 1.62 bits per heavy atom. The van der Waals surface area contributed by atoms with Crippen molar-refractivity contribution in [2.75, 3.05) is 5.32 Å². The molecule has 0 saturated heterocycles. The highest BCUT2D eigenvalue weighted by Crippen LogP contribution is 2.28. The summed E-state index contributed by atoms with van der Waals surface area (Å²) in [7, 11) is 0. The summed E-state index contributed by atoms with van der Waals surface area (Å²) in [6.07, 6.45) is 1.52. The van der Waals surface area contributed by atoms with E-state index < -0.39 is 5.91 Å². The van der Waals surface area contributed by atoms with E-state index in [2.05, 4.69) is 10.3 Å². The predicted octanol–water partition coefficient (Wildman–Crippen LogP) is 0.787. The van der Waals surface area contributed by atoms with Crippen LogP contribution in [0.25, 0.3) is 0 Å². The first-order valence-electron chi connectivity index (χ1n) is 8.50. The highest BCUT2D eigenvalue weighted by molar-refractivity contribution is 6.30. The molecule has 2 aromatic carbocycles. The van der Waals surface area contributed by atoms with Crippen LogP contribution in [0.2, 0.25) is 5.02 Å². The molecule has 3 amide bonds. The molecule has 1 aliphatic heterocycles. The molecule has 1 aromatic heterocycles. The summed E-state index contributed by atoms with van der Waals surface area (Å²) in [5.74, 6) is -1.14. The van der Waals surface area contributed by atoms with Crippen LogP contribution in [0.5, 0.6) is 0 Å². The van der Waals surface area contributed by atoms with Gasteiger partial charge >= 0.3 is 0 Å². The molecule has 1 N–H and O–H groups in total. The van der Waals surface area contributed by atoms with Gasteiger partial charge in [0.05, 0.1) is 17.7 Å². The van der Waals surface area contributed by atoms with Crippen LogP contribution in [-0.4, -0.2) is 27.6 Å². The number of imide groups is 1. The van der Waals surface area contributed by atoms with E-state index in [1.54, 1.807) is 60.7 Å². The summed E-state index contributed by atoms with van der Waals surface area (Å²) in [5.41, 5.74) is 1.99. The Morgan fingerprint density at radius 1 is 0.966 bits per heavy atom. The molecule has 0 bridgehead atoms. The smallest absolute Gasteiger partial charge is 0.274 e. The third-order valence-electron chi connectivity index (χ3n) is 4.42. The Bertz CT molecular complexity index is 1070. The fourth-order valence-corrected chi connectivity index (χ4v) is 3.25. The van der Waals surface area contributed by atoms with E-state index in [4.69, 9.17) is 11.6 Å². The molecule has 2 heterocycles. The van der Waals surface area contributed by atoms with Gasteiger partial charge in [0.2, 0.25) is 0 Å². The first-order chi connectivity index (χ1) is 13.5. The van der Waals surface area contributed by atoms with Gasteiger partial charge in [-0.2, -0.15) is 0 Å². The number of halogens is 2. The summed E-state index contributed by atoms with van der Waals surface area (Å²) < 4.78 is 0. The van der Waals surface area contributed by atoms with Crippen LogP contribution in [-0.2, 0) is 6.54 Å². The third kappa shape index (κ3) is 3.99. The van der Waals surface area contributed by atoms with Crippen molar-refractivity contribution >= 4 is 35.0 Å². The molecule has 4 rings (SSSR count). The quantitative estimate of drug-likeness (QED) is 0.625. The van der Waals surface area contributed by atoms with Gasteiger partial charge in [-0.15, -0.1) is 0 Å². The highest BCUT2D eigenvalue weighted by Gasteiger charge is 2.35. The van der Waals surface area contributed by atoms with Crippen molar-refractivity contribution < 1.29 is 26.8 Å². The number of carbonyl (C=O) groups is 3. The lowest BCUT2D eigenvalue weighted by molar-refractivity contribution is -0.0000360. The Balaban J connectivity index is 0.00000240.